The van der Waals surface area contributed by atoms with Crippen molar-refractivity contribution in [1.82, 2.24) is 10.6 Å². The van der Waals surface area contributed by atoms with E-state index in [4.69, 9.17) is 5.11 Å². The third kappa shape index (κ3) is 3.91. The van der Waals surface area contributed by atoms with Gasteiger partial charge in [0.1, 0.15) is 5.82 Å². The summed E-state index contributed by atoms with van der Waals surface area (Å²) in [4.78, 5) is 11.6. The van der Waals surface area contributed by atoms with Crippen LogP contribution < -0.4 is 10.6 Å². The van der Waals surface area contributed by atoms with Gasteiger partial charge in [0, 0.05) is 23.0 Å². The molecular weight excluding hydrogens is 315 g/mol. The minimum absolute atomic E-state index is 0.0999. The third-order valence-electron chi connectivity index (χ3n) is 3.36. The first kappa shape index (κ1) is 14.3. The fraction of sp³-hybridized carbons (Fsp3) is 0.462. The van der Waals surface area contributed by atoms with Crippen LogP contribution >= 0.6 is 15.9 Å². The lowest BCUT2D eigenvalue weighted by molar-refractivity contribution is 0.203. The number of aliphatic hydroxyl groups excluding tert-OH is 1. The highest BCUT2D eigenvalue weighted by Gasteiger charge is 2.42. The largest absolute Gasteiger partial charge is 0.396 e. The van der Waals surface area contributed by atoms with Gasteiger partial charge in [0.05, 0.1) is 6.61 Å². The van der Waals surface area contributed by atoms with E-state index in [0.717, 1.165) is 17.3 Å². The molecule has 0 unspecified atom stereocenters. The molecule has 4 nitrogen and oxygen atoms in total. The van der Waals surface area contributed by atoms with E-state index in [0.29, 0.717) is 12.1 Å². The number of carbonyl (C=O) groups excluding carboxylic acids is 1. The number of amides is 2. The standard InChI is InChI=1S/C13H16BrFN2O2/c14-11-2-1-10(15)5-9(11)6-16-12(19)17-7-13(8-18)3-4-13/h1-2,5,18H,3-4,6-8H2,(H2,16,17,19). The Kier molecular flexibility index (Phi) is 4.42. The number of urea groups is 1. The van der Waals surface area contributed by atoms with Gasteiger partial charge in [0.15, 0.2) is 0 Å². The SMILES string of the molecule is O=C(NCc1cc(F)ccc1Br)NCC1(CO)CC1. The minimum atomic E-state index is -0.336. The van der Waals surface area contributed by atoms with Gasteiger partial charge in [-0.15, -0.1) is 0 Å². The van der Waals surface area contributed by atoms with E-state index in [-0.39, 0.29) is 30.4 Å². The van der Waals surface area contributed by atoms with Crippen LogP contribution in [-0.2, 0) is 6.54 Å². The molecule has 0 heterocycles. The number of rotatable bonds is 5. The highest BCUT2D eigenvalue weighted by molar-refractivity contribution is 9.10. The summed E-state index contributed by atoms with van der Waals surface area (Å²) < 4.78 is 13.8. The van der Waals surface area contributed by atoms with Crippen molar-refractivity contribution in [2.75, 3.05) is 13.2 Å². The summed E-state index contributed by atoms with van der Waals surface area (Å²) in [5, 5.41) is 14.5. The normalized spacial score (nSPS) is 15.9. The van der Waals surface area contributed by atoms with E-state index in [2.05, 4.69) is 26.6 Å². The van der Waals surface area contributed by atoms with E-state index in [9.17, 15) is 9.18 Å². The topological polar surface area (TPSA) is 61.4 Å². The molecule has 19 heavy (non-hydrogen) atoms. The molecule has 0 spiro atoms. The second-order valence-electron chi connectivity index (χ2n) is 4.93. The molecule has 0 saturated heterocycles. The van der Waals surface area contributed by atoms with Crippen molar-refractivity contribution in [1.29, 1.82) is 0 Å². The van der Waals surface area contributed by atoms with Gasteiger partial charge in [0.2, 0.25) is 0 Å². The lowest BCUT2D eigenvalue weighted by Crippen LogP contribution is -2.39. The number of nitrogens with one attached hydrogen (secondary N) is 2. The Morgan fingerprint density at radius 3 is 2.79 bits per heavy atom. The Labute approximate surface area is 119 Å². The molecule has 104 valence electrons. The number of hydrogen-bond donors (Lipinski definition) is 3. The number of carbonyl (C=O) groups is 1. The van der Waals surface area contributed by atoms with Gasteiger partial charge in [-0.25, -0.2) is 9.18 Å². The van der Waals surface area contributed by atoms with Gasteiger partial charge in [0.25, 0.3) is 0 Å². The Morgan fingerprint density at radius 2 is 2.16 bits per heavy atom. The molecule has 1 fully saturated rings. The molecule has 0 radical (unpaired) electrons. The molecule has 6 heteroatoms. The smallest absolute Gasteiger partial charge is 0.315 e. The van der Waals surface area contributed by atoms with Gasteiger partial charge in [-0.2, -0.15) is 0 Å². The lowest BCUT2D eigenvalue weighted by atomic mass is 10.1. The summed E-state index contributed by atoms with van der Waals surface area (Å²) >= 11 is 3.30. The highest BCUT2D eigenvalue weighted by Crippen LogP contribution is 2.44. The van der Waals surface area contributed by atoms with Crippen LogP contribution in [0.2, 0.25) is 0 Å². The van der Waals surface area contributed by atoms with Crippen molar-refractivity contribution in [2.24, 2.45) is 5.41 Å². The summed E-state index contributed by atoms with van der Waals surface area (Å²) in [5.41, 5.74) is 0.565. The van der Waals surface area contributed by atoms with Crippen LogP contribution in [0.4, 0.5) is 9.18 Å². The molecular formula is C13H16BrFN2O2. The van der Waals surface area contributed by atoms with Crippen LogP contribution in [0.1, 0.15) is 18.4 Å². The zero-order chi connectivity index (χ0) is 13.9. The number of benzene rings is 1. The Balaban J connectivity index is 1.78. The molecule has 3 N–H and O–H groups in total. The second kappa shape index (κ2) is 5.88. The molecule has 0 bridgehead atoms. The van der Waals surface area contributed by atoms with Crippen LogP contribution in [0.25, 0.3) is 0 Å². The van der Waals surface area contributed by atoms with Crippen molar-refractivity contribution >= 4 is 22.0 Å². The summed E-state index contributed by atoms with van der Waals surface area (Å²) in [6.07, 6.45) is 1.89. The summed E-state index contributed by atoms with van der Waals surface area (Å²) in [6, 6.07) is 4.03. The predicted molar refractivity (Wildman–Crippen MR) is 73.1 cm³/mol. The molecule has 0 aromatic heterocycles. The van der Waals surface area contributed by atoms with Crippen molar-refractivity contribution < 1.29 is 14.3 Å². The summed E-state index contributed by atoms with van der Waals surface area (Å²) in [6.45, 7) is 0.818. The molecule has 0 aliphatic heterocycles. The maximum absolute atomic E-state index is 13.1. The third-order valence-corrected chi connectivity index (χ3v) is 4.14. The average molecular weight is 331 g/mol. The van der Waals surface area contributed by atoms with E-state index < -0.39 is 0 Å². The fourth-order valence-corrected chi connectivity index (χ4v) is 2.14. The Morgan fingerprint density at radius 1 is 1.42 bits per heavy atom. The van der Waals surface area contributed by atoms with Crippen LogP contribution in [0.3, 0.4) is 0 Å². The number of aliphatic hydroxyl groups is 1. The van der Waals surface area contributed by atoms with Crippen molar-refractivity contribution in [3.8, 4) is 0 Å². The maximum Gasteiger partial charge on any atom is 0.315 e. The predicted octanol–water partition coefficient (Wildman–Crippen LogP) is 2.16. The first-order chi connectivity index (χ1) is 9.04. The van der Waals surface area contributed by atoms with Crippen LogP contribution in [-0.4, -0.2) is 24.3 Å². The first-order valence-corrected chi connectivity index (χ1v) is 6.90. The van der Waals surface area contributed by atoms with Crippen LogP contribution in [0.5, 0.6) is 0 Å². The van der Waals surface area contributed by atoms with E-state index >= 15 is 0 Å². The zero-order valence-corrected chi connectivity index (χ0v) is 12.0. The highest BCUT2D eigenvalue weighted by atomic mass is 79.9. The second-order valence-corrected chi connectivity index (χ2v) is 5.78. The van der Waals surface area contributed by atoms with Gasteiger partial charge in [-0.3, -0.25) is 0 Å². The van der Waals surface area contributed by atoms with Gasteiger partial charge < -0.3 is 15.7 Å². The lowest BCUT2D eigenvalue weighted by Gasteiger charge is -2.13. The first-order valence-electron chi connectivity index (χ1n) is 6.11. The average Bonchev–Trinajstić information content (AvgIpc) is 3.18. The summed E-state index contributed by atoms with van der Waals surface area (Å²) in [7, 11) is 0. The van der Waals surface area contributed by atoms with Gasteiger partial charge in [-0.05, 0) is 36.6 Å². The maximum atomic E-state index is 13.1. The Bertz CT molecular complexity index is 478. The molecule has 1 aromatic carbocycles. The number of halogens is 2. The van der Waals surface area contributed by atoms with Crippen LogP contribution in [0, 0.1) is 11.2 Å². The molecule has 1 saturated carbocycles. The van der Waals surface area contributed by atoms with Gasteiger partial charge in [-0.1, -0.05) is 15.9 Å². The van der Waals surface area contributed by atoms with E-state index in [1.165, 1.54) is 12.1 Å². The van der Waals surface area contributed by atoms with E-state index in [1.807, 2.05) is 0 Å². The van der Waals surface area contributed by atoms with Gasteiger partial charge >= 0.3 is 6.03 Å². The molecule has 2 amide bonds. The molecule has 1 aromatic rings. The zero-order valence-electron chi connectivity index (χ0n) is 10.4. The Hall–Kier alpha value is -1.14. The minimum Gasteiger partial charge on any atom is -0.396 e. The molecule has 1 aliphatic rings. The fourth-order valence-electron chi connectivity index (χ4n) is 1.75. The molecule has 2 rings (SSSR count). The van der Waals surface area contributed by atoms with Crippen molar-refractivity contribution in [3.05, 3.63) is 34.1 Å². The van der Waals surface area contributed by atoms with Crippen molar-refractivity contribution in [3.63, 3.8) is 0 Å². The summed E-state index contributed by atoms with van der Waals surface area (Å²) in [5.74, 6) is -0.336. The number of hydrogen-bond acceptors (Lipinski definition) is 2. The monoisotopic (exact) mass is 330 g/mol. The quantitative estimate of drug-likeness (QED) is 0.774. The van der Waals surface area contributed by atoms with E-state index in [1.54, 1.807) is 6.07 Å². The van der Waals surface area contributed by atoms with Crippen molar-refractivity contribution in [2.45, 2.75) is 19.4 Å². The van der Waals surface area contributed by atoms with Crippen LogP contribution in [0.15, 0.2) is 22.7 Å². The molecule has 1 aliphatic carbocycles. The molecule has 0 atom stereocenters.